The van der Waals surface area contributed by atoms with Gasteiger partial charge in [0.2, 0.25) is 0 Å². The van der Waals surface area contributed by atoms with Crippen LogP contribution in [-0.2, 0) is 6.18 Å². The van der Waals surface area contributed by atoms with Gasteiger partial charge in [0.25, 0.3) is 0 Å². The first-order chi connectivity index (χ1) is 14.0. The van der Waals surface area contributed by atoms with Crippen molar-refractivity contribution < 1.29 is 31.8 Å². The molecule has 160 valence electrons. The highest BCUT2D eigenvalue weighted by atomic mass is 19.4. The second-order valence-corrected chi connectivity index (χ2v) is 7.49. The number of benzene rings is 2. The van der Waals surface area contributed by atoms with Gasteiger partial charge in [-0.2, -0.15) is 13.2 Å². The van der Waals surface area contributed by atoms with E-state index in [0.717, 1.165) is 12.1 Å². The molecular formula is C22H21F3O5. The van der Waals surface area contributed by atoms with Crippen molar-refractivity contribution in [3.8, 4) is 17.2 Å². The van der Waals surface area contributed by atoms with Crippen LogP contribution in [0, 0.1) is 0 Å². The van der Waals surface area contributed by atoms with Crippen LogP contribution in [0.15, 0.2) is 57.7 Å². The number of para-hydroxylation sites is 1. The Labute approximate surface area is 171 Å². The molecule has 0 aliphatic heterocycles. The molecule has 5 nitrogen and oxygen atoms in total. The third-order valence-electron chi connectivity index (χ3n) is 3.89. The molecule has 0 unspecified atom stereocenters. The minimum absolute atomic E-state index is 0.00451. The highest BCUT2D eigenvalue weighted by molar-refractivity contribution is 5.86. The second-order valence-electron chi connectivity index (χ2n) is 7.49. The fourth-order valence-electron chi connectivity index (χ4n) is 2.77. The quantitative estimate of drug-likeness (QED) is 0.391. The Hall–Kier alpha value is -3.16. The van der Waals surface area contributed by atoms with E-state index in [9.17, 15) is 18.0 Å². The first-order valence-electron chi connectivity index (χ1n) is 9.22. The summed E-state index contributed by atoms with van der Waals surface area (Å²) < 4.78 is 61.1. The molecule has 0 saturated carbocycles. The van der Waals surface area contributed by atoms with Crippen molar-refractivity contribution >= 4 is 11.0 Å². The Morgan fingerprint density at radius 1 is 0.900 bits per heavy atom. The summed E-state index contributed by atoms with van der Waals surface area (Å²) in [5.74, 6) is 1.29. The number of halogens is 3. The molecule has 8 heteroatoms. The van der Waals surface area contributed by atoms with Gasteiger partial charge in [0.05, 0.1) is 17.0 Å². The summed E-state index contributed by atoms with van der Waals surface area (Å²) in [4.78, 5) is 11.7. The molecule has 0 saturated heterocycles. The monoisotopic (exact) mass is 422 g/mol. The molecule has 30 heavy (non-hydrogen) atoms. The largest absolute Gasteiger partial charge is 0.490 e. The van der Waals surface area contributed by atoms with Gasteiger partial charge in [-0.05, 0) is 57.2 Å². The molecule has 0 bridgehead atoms. The van der Waals surface area contributed by atoms with E-state index in [1.54, 1.807) is 24.3 Å². The summed E-state index contributed by atoms with van der Waals surface area (Å²) in [7, 11) is 0. The van der Waals surface area contributed by atoms with Gasteiger partial charge in [0.15, 0.2) is 5.58 Å². The van der Waals surface area contributed by atoms with Crippen LogP contribution in [0.4, 0.5) is 13.2 Å². The van der Waals surface area contributed by atoms with E-state index in [-0.39, 0.29) is 30.0 Å². The summed E-state index contributed by atoms with van der Waals surface area (Å²) in [6.07, 6.45) is -4.65. The van der Waals surface area contributed by atoms with Gasteiger partial charge in [0, 0.05) is 0 Å². The number of ether oxygens (including phenoxy) is 3. The Balaban J connectivity index is 1.66. The Morgan fingerprint density at radius 2 is 1.53 bits per heavy atom. The van der Waals surface area contributed by atoms with Crippen LogP contribution in [-0.4, -0.2) is 18.8 Å². The topological polar surface area (TPSA) is 57.9 Å². The summed E-state index contributed by atoms with van der Waals surface area (Å²) in [6, 6.07) is 11.5. The standard InChI is InChI=1S/C22H21F3O5/c1-21(2,3)30-15-9-7-14(8-10-15)27-11-12-28-18-13-19(26)29-20-16(18)5-4-6-17(20)22(23,24)25/h4-10,13H,11-12H2,1-3H3. The van der Waals surface area contributed by atoms with Crippen LogP contribution in [0.25, 0.3) is 11.0 Å². The summed E-state index contributed by atoms with van der Waals surface area (Å²) in [5.41, 5.74) is -2.82. The van der Waals surface area contributed by atoms with Crippen LogP contribution in [0.3, 0.4) is 0 Å². The lowest BCUT2D eigenvalue weighted by atomic mass is 10.1. The van der Waals surface area contributed by atoms with Gasteiger partial charge in [0.1, 0.15) is 36.1 Å². The fraction of sp³-hybridized carbons (Fsp3) is 0.318. The lowest BCUT2D eigenvalue weighted by Gasteiger charge is -2.21. The van der Waals surface area contributed by atoms with E-state index in [1.165, 1.54) is 12.1 Å². The predicted molar refractivity (Wildman–Crippen MR) is 105 cm³/mol. The Morgan fingerprint density at radius 3 is 2.17 bits per heavy atom. The van der Waals surface area contributed by atoms with Crippen molar-refractivity contribution in [2.24, 2.45) is 0 Å². The zero-order chi connectivity index (χ0) is 21.9. The van der Waals surface area contributed by atoms with Crippen molar-refractivity contribution in [3.05, 3.63) is 64.5 Å². The third kappa shape index (κ3) is 5.46. The highest BCUT2D eigenvalue weighted by Gasteiger charge is 2.34. The van der Waals surface area contributed by atoms with Crippen molar-refractivity contribution in [1.29, 1.82) is 0 Å². The summed E-state index contributed by atoms with van der Waals surface area (Å²) in [6.45, 7) is 5.98. The molecule has 0 spiro atoms. The number of rotatable bonds is 6. The van der Waals surface area contributed by atoms with Gasteiger partial charge in [-0.3, -0.25) is 0 Å². The first kappa shape index (κ1) is 21.5. The van der Waals surface area contributed by atoms with Crippen LogP contribution in [0.2, 0.25) is 0 Å². The molecular weight excluding hydrogens is 401 g/mol. The Kier molecular flexibility index (Phi) is 5.96. The molecule has 1 heterocycles. The molecule has 1 aromatic heterocycles. The number of hydrogen-bond donors (Lipinski definition) is 0. The molecule has 0 fully saturated rings. The maximum Gasteiger partial charge on any atom is 0.420 e. The molecule has 0 N–H and O–H groups in total. The first-order valence-corrected chi connectivity index (χ1v) is 9.22. The number of hydrogen-bond acceptors (Lipinski definition) is 5. The lowest BCUT2D eigenvalue weighted by Crippen LogP contribution is -2.22. The maximum atomic E-state index is 13.2. The molecule has 3 rings (SSSR count). The molecule has 0 atom stereocenters. The average Bonchev–Trinajstić information content (AvgIpc) is 2.63. The lowest BCUT2D eigenvalue weighted by molar-refractivity contribution is -0.136. The van der Waals surface area contributed by atoms with Crippen LogP contribution in [0.5, 0.6) is 17.2 Å². The molecule has 3 aromatic rings. The predicted octanol–water partition coefficient (Wildman–Crippen LogP) is 5.45. The molecule has 0 aliphatic rings. The van der Waals surface area contributed by atoms with Crippen LogP contribution >= 0.6 is 0 Å². The second kappa shape index (κ2) is 8.30. The smallest absolute Gasteiger partial charge is 0.420 e. The van der Waals surface area contributed by atoms with Gasteiger partial charge in [-0.1, -0.05) is 6.07 Å². The number of fused-ring (bicyclic) bond motifs is 1. The maximum absolute atomic E-state index is 13.2. The van der Waals surface area contributed by atoms with E-state index in [0.29, 0.717) is 11.5 Å². The van der Waals surface area contributed by atoms with E-state index in [4.69, 9.17) is 18.6 Å². The zero-order valence-electron chi connectivity index (χ0n) is 16.7. The minimum Gasteiger partial charge on any atom is -0.490 e. The van der Waals surface area contributed by atoms with E-state index in [2.05, 4.69) is 0 Å². The van der Waals surface area contributed by atoms with Gasteiger partial charge < -0.3 is 18.6 Å². The van der Waals surface area contributed by atoms with Crippen molar-refractivity contribution in [1.82, 2.24) is 0 Å². The zero-order valence-corrected chi connectivity index (χ0v) is 16.7. The van der Waals surface area contributed by atoms with Crippen LogP contribution in [0.1, 0.15) is 26.3 Å². The summed E-state index contributed by atoms with van der Waals surface area (Å²) >= 11 is 0. The third-order valence-corrected chi connectivity index (χ3v) is 3.89. The minimum atomic E-state index is -4.65. The van der Waals surface area contributed by atoms with E-state index >= 15 is 0 Å². The normalized spacial score (nSPS) is 12.1. The van der Waals surface area contributed by atoms with Crippen molar-refractivity contribution in [2.75, 3.05) is 13.2 Å². The van der Waals surface area contributed by atoms with Crippen molar-refractivity contribution in [3.63, 3.8) is 0 Å². The number of alkyl halides is 3. The van der Waals surface area contributed by atoms with E-state index in [1.807, 2.05) is 20.8 Å². The summed E-state index contributed by atoms with van der Waals surface area (Å²) in [5, 5.41) is 0.0631. The molecule has 0 aliphatic carbocycles. The van der Waals surface area contributed by atoms with Gasteiger partial charge in [-0.15, -0.1) is 0 Å². The molecule has 0 amide bonds. The molecule has 2 aromatic carbocycles. The van der Waals surface area contributed by atoms with E-state index < -0.39 is 22.9 Å². The molecule has 0 radical (unpaired) electrons. The highest BCUT2D eigenvalue weighted by Crippen LogP contribution is 2.36. The van der Waals surface area contributed by atoms with Gasteiger partial charge in [-0.25, -0.2) is 4.79 Å². The fourth-order valence-corrected chi connectivity index (χ4v) is 2.77. The van der Waals surface area contributed by atoms with Gasteiger partial charge >= 0.3 is 11.8 Å². The van der Waals surface area contributed by atoms with Crippen molar-refractivity contribution in [2.45, 2.75) is 32.5 Å². The Bertz CT molecular complexity index is 1060. The van der Waals surface area contributed by atoms with Crippen LogP contribution < -0.4 is 19.8 Å². The average molecular weight is 422 g/mol. The SMILES string of the molecule is CC(C)(C)Oc1ccc(OCCOc2cc(=O)oc3c(C(F)(F)F)cccc23)cc1.